The molecule has 0 spiro atoms. The number of benzene rings is 1. The van der Waals surface area contributed by atoms with Crippen molar-refractivity contribution in [1.29, 1.82) is 0 Å². The molecule has 0 atom stereocenters. The Hall–Kier alpha value is -2.36. The minimum atomic E-state index is 0.125. The summed E-state index contributed by atoms with van der Waals surface area (Å²) >= 11 is 0. The summed E-state index contributed by atoms with van der Waals surface area (Å²) in [5.41, 5.74) is 0.880. The average Bonchev–Trinajstić information content (AvgIpc) is 3.32. The number of hydrogen-bond acceptors (Lipinski definition) is 3. The molecule has 0 saturated heterocycles. The second-order valence-electron chi connectivity index (χ2n) is 4.87. The van der Waals surface area contributed by atoms with Crippen LogP contribution in [0.4, 0.5) is 0 Å². The van der Waals surface area contributed by atoms with Crippen LogP contribution >= 0.6 is 0 Å². The van der Waals surface area contributed by atoms with Crippen LogP contribution in [0.1, 0.15) is 18.4 Å². The van der Waals surface area contributed by atoms with Crippen LogP contribution in [-0.2, 0) is 11.3 Å². The number of ether oxygens (including phenoxy) is 1. The molecule has 0 radical (unpaired) electrons. The highest BCUT2D eigenvalue weighted by Gasteiger charge is 2.29. The lowest BCUT2D eigenvalue weighted by Gasteiger charge is -2.10. The predicted octanol–water partition coefficient (Wildman–Crippen LogP) is 2.90. The quantitative estimate of drug-likeness (QED) is 0.907. The monoisotopic (exact) mass is 268 g/mol. The highest BCUT2D eigenvalue weighted by molar-refractivity contribution is 5.80. The molecule has 3 rings (SSSR count). The first-order valence-electron chi connectivity index (χ1n) is 6.77. The molecule has 1 aliphatic rings. The summed E-state index contributed by atoms with van der Waals surface area (Å²) in [6.07, 6.45) is 3.70. The van der Waals surface area contributed by atoms with Gasteiger partial charge in [0.1, 0.15) is 5.75 Å². The molecule has 2 aromatic rings. The van der Waals surface area contributed by atoms with Crippen molar-refractivity contribution in [2.24, 2.45) is 5.92 Å². The summed E-state index contributed by atoms with van der Waals surface area (Å²) < 4.78 is 5.76. The number of carbonyl (C=O) groups is 1. The molecule has 4 heteroatoms. The van der Waals surface area contributed by atoms with E-state index in [2.05, 4.69) is 10.3 Å². The molecule has 1 fully saturated rings. The lowest BCUT2D eigenvalue weighted by atomic mass is 10.2. The molecule has 0 bridgehead atoms. The SMILES string of the molecule is O=C(NCc1cccnc1Oc1ccccc1)C1CC1. The van der Waals surface area contributed by atoms with Gasteiger partial charge in [-0.25, -0.2) is 4.98 Å². The van der Waals surface area contributed by atoms with E-state index in [0.29, 0.717) is 12.4 Å². The lowest BCUT2D eigenvalue weighted by molar-refractivity contribution is -0.122. The average molecular weight is 268 g/mol. The predicted molar refractivity (Wildman–Crippen MR) is 75.3 cm³/mol. The van der Waals surface area contributed by atoms with E-state index in [4.69, 9.17) is 4.74 Å². The lowest BCUT2D eigenvalue weighted by Crippen LogP contribution is -2.24. The van der Waals surface area contributed by atoms with Crippen LogP contribution in [0, 0.1) is 5.92 Å². The molecule has 4 nitrogen and oxygen atoms in total. The summed E-state index contributed by atoms with van der Waals surface area (Å²) in [6, 6.07) is 13.3. The third kappa shape index (κ3) is 3.15. The number of para-hydroxylation sites is 1. The van der Waals surface area contributed by atoms with Crippen molar-refractivity contribution in [2.45, 2.75) is 19.4 Å². The maximum Gasteiger partial charge on any atom is 0.224 e. The van der Waals surface area contributed by atoms with Gasteiger partial charge in [0.15, 0.2) is 0 Å². The van der Waals surface area contributed by atoms with Gasteiger partial charge < -0.3 is 10.1 Å². The van der Waals surface area contributed by atoms with Crippen LogP contribution in [-0.4, -0.2) is 10.9 Å². The van der Waals surface area contributed by atoms with Gasteiger partial charge in [-0.3, -0.25) is 4.79 Å². The van der Waals surface area contributed by atoms with E-state index in [1.54, 1.807) is 6.20 Å². The fraction of sp³-hybridized carbons (Fsp3) is 0.250. The first-order chi connectivity index (χ1) is 9.83. The molecule has 1 aromatic heterocycles. The van der Waals surface area contributed by atoms with E-state index >= 15 is 0 Å². The van der Waals surface area contributed by atoms with E-state index in [9.17, 15) is 4.79 Å². The summed E-state index contributed by atoms with van der Waals surface area (Å²) in [4.78, 5) is 15.9. The van der Waals surface area contributed by atoms with E-state index in [0.717, 1.165) is 24.2 Å². The number of amides is 1. The van der Waals surface area contributed by atoms with Gasteiger partial charge in [-0.05, 0) is 31.0 Å². The largest absolute Gasteiger partial charge is 0.439 e. The second kappa shape index (κ2) is 5.74. The number of rotatable bonds is 5. The Balaban J connectivity index is 1.69. The van der Waals surface area contributed by atoms with Gasteiger partial charge in [0.25, 0.3) is 0 Å². The van der Waals surface area contributed by atoms with Gasteiger partial charge in [-0.2, -0.15) is 0 Å². The van der Waals surface area contributed by atoms with Crippen molar-refractivity contribution >= 4 is 5.91 Å². The first kappa shape index (κ1) is 12.7. The Kier molecular flexibility index (Phi) is 3.63. The maximum atomic E-state index is 11.7. The van der Waals surface area contributed by atoms with Crippen LogP contribution in [0.3, 0.4) is 0 Å². The van der Waals surface area contributed by atoms with E-state index in [-0.39, 0.29) is 11.8 Å². The van der Waals surface area contributed by atoms with Crippen molar-refractivity contribution in [1.82, 2.24) is 10.3 Å². The van der Waals surface area contributed by atoms with Crippen LogP contribution in [0.2, 0.25) is 0 Å². The zero-order valence-electron chi connectivity index (χ0n) is 11.1. The summed E-state index contributed by atoms with van der Waals surface area (Å²) in [5, 5.41) is 2.93. The van der Waals surface area contributed by atoms with Crippen molar-refractivity contribution < 1.29 is 9.53 Å². The molecule has 1 N–H and O–H groups in total. The smallest absolute Gasteiger partial charge is 0.224 e. The minimum Gasteiger partial charge on any atom is -0.439 e. The summed E-state index contributed by atoms with van der Waals surface area (Å²) in [6.45, 7) is 0.450. The van der Waals surface area contributed by atoms with E-state index < -0.39 is 0 Å². The highest BCUT2D eigenvalue weighted by Crippen LogP contribution is 2.29. The van der Waals surface area contributed by atoms with Crippen LogP contribution in [0.5, 0.6) is 11.6 Å². The fourth-order valence-corrected chi connectivity index (χ4v) is 1.92. The van der Waals surface area contributed by atoms with Crippen LogP contribution < -0.4 is 10.1 Å². The molecule has 0 unspecified atom stereocenters. The number of pyridine rings is 1. The normalized spacial score (nSPS) is 13.8. The second-order valence-corrected chi connectivity index (χ2v) is 4.87. The van der Waals surface area contributed by atoms with E-state index in [1.807, 2.05) is 42.5 Å². The Bertz CT molecular complexity index is 594. The first-order valence-corrected chi connectivity index (χ1v) is 6.77. The Morgan fingerprint density at radius 3 is 2.75 bits per heavy atom. The van der Waals surface area contributed by atoms with Gasteiger partial charge in [-0.1, -0.05) is 24.3 Å². The number of aromatic nitrogens is 1. The molecule has 1 heterocycles. The molecule has 1 aliphatic carbocycles. The third-order valence-electron chi connectivity index (χ3n) is 3.21. The molecule has 1 amide bonds. The number of nitrogens with one attached hydrogen (secondary N) is 1. The van der Waals surface area contributed by atoms with Gasteiger partial charge in [0.05, 0.1) is 0 Å². The minimum absolute atomic E-state index is 0.125. The Labute approximate surface area is 117 Å². The summed E-state index contributed by atoms with van der Waals surface area (Å²) in [7, 11) is 0. The molecule has 20 heavy (non-hydrogen) atoms. The molecular weight excluding hydrogens is 252 g/mol. The molecule has 1 aromatic carbocycles. The van der Waals surface area contributed by atoms with Crippen LogP contribution in [0.15, 0.2) is 48.7 Å². The molecular formula is C16H16N2O2. The zero-order chi connectivity index (χ0) is 13.8. The standard InChI is InChI=1S/C16H16N2O2/c19-15(12-8-9-12)18-11-13-5-4-10-17-16(13)20-14-6-2-1-3-7-14/h1-7,10,12H,8-9,11H2,(H,18,19). The van der Waals surface area contributed by atoms with E-state index in [1.165, 1.54) is 0 Å². The van der Waals surface area contributed by atoms with Gasteiger partial charge in [0.2, 0.25) is 11.8 Å². The topological polar surface area (TPSA) is 51.2 Å². The van der Waals surface area contributed by atoms with Crippen LogP contribution in [0.25, 0.3) is 0 Å². The fourth-order valence-electron chi connectivity index (χ4n) is 1.92. The number of hydrogen-bond donors (Lipinski definition) is 1. The number of carbonyl (C=O) groups excluding carboxylic acids is 1. The van der Waals surface area contributed by atoms with Crippen molar-refractivity contribution in [3.63, 3.8) is 0 Å². The highest BCUT2D eigenvalue weighted by atomic mass is 16.5. The molecule has 1 saturated carbocycles. The zero-order valence-corrected chi connectivity index (χ0v) is 11.1. The summed E-state index contributed by atoms with van der Waals surface area (Å²) in [5.74, 6) is 1.61. The Morgan fingerprint density at radius 1 is 1.20 bits per heavy atom. The Morgan fingerprint density at radius 2 is 2.00 bits per heavy atom. The van der Waals surface area contributed by atoms with Gasteiger partial charge in [0, 0.05) is 24.2 Å². The maximum absolute atomic E-state index is 11.7. The van der Waals surface area contributed by atoms with Gasteiger partial charge in [-0.15, -0.1) is 0 Å². The van der Waals surface area contributed by atoms with Crippen molar-refractivity contribution in [3.8, 4) is 11.6 Å². The molecule has 0 aliphatic heterocycles. The molecule has 102 valence electrons. The van der Waals surface area contributed by atoms with Gasteiger partial charge >= 0.3 is 0 Å². The van der Waals surface area contributed by atoms with Crippen molar-refractivity contribution in [3.05, 3.63) is 54.2 Å². The number of nitrogens with zero attached hydrogens (tertiary/aromatic N) is 1. The third-order valence-corrected chi connectivity index (χ3v) is 3.21. The van der Waals surface area contributed by atoms with Crippen molar-refractivity contribution in [2.75, 3.05) is 0 Å².